The maximum atomic E-state index is 12.6. The standard InChI is InChI=1S/C14H23N3O3/c1-3-5-14(6-4-7-15-9-14)13(20)16-10-8-11(18)17(2)12(10)19/h10,15H,3-9H2,1-2H3,(H,16,20). The summed E-state index contributed by atoms with van der Waals surface area (Å²) in [6.07, 6.45) is 3.61. The van der Waals surface area contributed by atoms with Crippen LogP contribution in [0.4, 0.5) is 0 Å². The maximum absolute atomic E-state index is 12.6. The smallest absolute Gasteiger partial charge is 0.252 e. The third kappa shape index (κ3) is 2.70. The molecule has 0 aromatic carbocycles. The van der Waals surface area contributed by atoms with Crippen LogP contribution in [0, 0.1) is 5.41 Å². The second-order valence-electron chi connectivity index (χ2n) is 5.83. The Labute approximate surface area is 119 Å². The van der Waals surface area contributed by atoms with Gasteiger partial charge in [0.05, 0.1) is 11.8 Å². The highest BCUT2D eigenvalue weighted by Crippen LogP contribution is 2.32. The highest BCUT2D eigenvalue weighted by molar-refractivity contribution is 6.06. The molecule has 0 aromatic rings. The molecular formula is C14H23N3O3. The fourth-order valence-electron chi connectivity index (χ4n) is 3.15. The molecule has 2 unspecified atom stereocenters. The summed E-state index contributed by atoms with van der Waals surface area (Å²) in [4.78, 5) is 37.1. The Morgan fingerprint density at radius 3 is 2.75 bits per heavy atom. The Kier molecular flexibility index (Phi) is 4.42. The lowest BCUT2D eigenvalue weighted by Crippen LogP contribution is -2.54. The van der Waals surface area contributed by atoms with E-state index in [2.05, 4.69) is 17.6 Å². The monoisotopic (exact) mass is 281 g/mol. The van der Waals surface area contributed by atoms with E-state index in [1.54, 1.807) is 0 Å². The zero-order valence-corrected chi connectivity index (χ0v) is 12.2. The maximum Gasteiger partial charge on any atom is 0.252 e. The fourth-order valence-corrected chi connectivity index (χ4v) is 3.15. The average Bonchev–Trinajstić information content (AvgIpc) is 2.68. The summed E-state index contributed by atoms with van der Waals surface area (Å²) in [6.45, 7) is 3.64. The Balaban J connectivity index is 2.05. The van der Waals surface area contributed by atoms with E-state index in [1.165, 1.54) is 7.05 Å². The van der Waals surface area contributed by atoms with Crippen LogP contribution in [0.15, 0.2) is 0 Å². The molecule has 112 valence electrons. The molecule has 2 fully saturated rings. The quantitative estimate of drug-likeness (QED) is 0.713. The third-order valence-corrected chi connectivity index (χ3v) is 4.37. The molecule has 6 heteroatoms. The van der Waals surface area contributed by atoms with Crippen molar-refractivity contribution in [1.82, 2.24) is 15.5 Å². The van der Waals surface area contributed by atoms with Crippen LogP contribution >= 0.6 is 0 Å². The van der Waals surface area contributed by atoms with E-state index >= 15 is 0 Å². The number of rotatable bonds is 4. The Hall–Kier alpha value is -1.43. The Morgan fingerprint density at radius 2 is 2.25 bits per heavy atom. The number of carbonyl (C=O) groups excluding carboxylic acids is 3. The van der Waals surface area contributed by atoms with E-state index in [4.69, 9.17) is 0 Å². The van der Waals surface area contributed by atoms with Gasteiger partial charge in [0, 0.05) is 13.6 Å². The van der Waals surface area contributed by atoms with E-state index in [-0.39, 0.29) is 24.1 Å². The van der Waals surface area contributed by atoms with Crippen LogP contribution in [0.25, 0.3) is 0 Å². The number of imide groups is 1. The van der Waals surface area contributed by atoms with Gasteiger partial charge in [-0.3, -0.25) is 19.3 Å². The number of amides is 3. The van der Waals surface area contributed by atoms with Crippen LogP contribution in [-0.4, -0.2) is 48.8 Å². The second-order valence-corrected chi connectivity index (χ2v) is 5.83. The van der Waals surface area contributed by atoms with E-state index in [0.29, 0.717) is 6.54 Å². The van der Waals surface area contributed by atoms with Crippen molar-refractivity contribution in [2.24, 2.45) is 5.41 Å². The summed E-state index contributed by atoms with van der Waals surface area (Å²) in [5, 5.41) is 6.07. The first-order chi connectivity index (χ1) is 9.50. The van der Waals surface area contributed by atoms with Gasteiger partial charge in [-0.25, -0.2) is 0 Å². The molecule has 2 heterocycles. The molecule has 0 aliphatic carbocycles. The molecule has 0 bridgehead atoms. The molecule has 2 atom stereocenters. The van der Waals surface area contributed by atoms with Gasteiger partial charge in [-0.05, 0) is 25.8 Å². The van der Waals surface area contributed by atoms with Gasteiger partial charge in [0.15, 0.2) is 0 Å². The van der Waals surface area contributed by atoms with Crippen LogP contribution in [0.3, 0.4) is 0 Å². The molecular weight excluding hydrogens is 258 g/mol. The highest BCUT2D eigenvalue weighted by Gasteiger charge is 2.43. The predicted molar refractivity (Wildman–Crippen MR) is 73.8 cm³/mol. The average molecular weight is 281 g/mol. The van der Waals surface area contributed by atoms with Crippen molar-refractivity contribution in [3.8, 4) is 0 Å². The molecule has 0 spiro atoms. The van der Waals surface area contributed by atoms with Crippen LogP contribution < -0.4 is 10.6 Å². The molecule has 0 radical (unpaired) electrons. The number of hydrogen-bond donors (Lipinski definition) is 2. The minimum absolute atomic E-state index is 0.0801. The zero-order valence-electron chi connectivity index (χ0n) is 12.2. The normalized spacial score (nSPS) is 30.7. The summed E-state index contributed by atoms with van der Waals surface area (Å²) in [6, 6.07) is -0.685. The van der Waals surface area contributed by atoms with Crippen molar-refractivity contribution < 1.29 is 14.4 Å². The molecule has 2 saturated heterocycles. The molecule has 6 nitrogen and oxygen atoms in total. The minimum atomic E-state index is -0.685. The summed E-state index contributed by atoms with van der Waals surface area (Å²) in [5.41, 5.74) is -0.433. The number of piperidine rings is 1. The number of nitrogens with one attached hydrogen (secondary N) is 2. The topological polar surface area (TPSA) is 78.5 Å². The van der Waals surface area contributed by atoms with Gasteiger partial charge in [0.25, 0.3) is 5.91 Å². The van der Waals surface area contributed by atoms with Crippen molar-refractivity contribution in [2.75, 3.05) is 20.1 Å². The lowest BCUT2D eigenvalue weighted by atomic mass is 9.76. The molecule has 2 rings (SSSR count). The third-order valence-electron chi connectivity index (χ3n) is 4.37. The fraction of sp³-hybridized carbons (Fsp3) is 0.786. The molecule has 2 aliphatic rings. The largest absolute Gasteiger partial charge is 0.343 e. The van der Waals surface area contributed by atoms with Crippen LogP contribution in [0.5, 0.6) is 0 Å². The Morgan fingerprint density at radius 1 is 1.50 bits per heavy atom. The number of likely N-dealkylation sites (tertiary alicyclic amines) is 1. The van der Waals surface area contributed by atoms with E-state index in [9.17, 15) is 14.4 Å². The molecule has 20 heavy (non-hydrogen) atoms. The first-order valence-electron chi connectivity index (χ1n) is 7.32. The van der Waals surface area contributed by atoms with Gasteiger partial charge in [-0.2, -0.15) is 0 Å². The summed E-state index contributed by atoms with van der Waals surface area (Å²) in [5.74, 6) is -0.627. The van der Waals surface area contributed by atoms with Gasteiger partial charge < -0.3 is 10.6 Å². The van der Waals surface area contributed by atoms with Gasteiger partial charge in [-0.15, -0.1) is 0 Å². The van der Waals surface area contributed by atoms with Gasteiger partial charge in [0.2, 0.25) is 11.8 Å². The van der Waals surface area contributed by atoms with Crippen LogP contribution in [0.2, 0.25) is 0 Å². The zero-order chi connectivity index (χ0) is 14.8. The first kappa shape index (κ1) is 15.0. The molecule has 0 aromatic heterocycles. The van der Waals surface area contributed by atoms with Crippen molar-refractivity contribution in [1.29, 1.82) is 0 Å². The lowest BCUT2D eigenvalue weighted by molar-refractivity contribution is -0.140. The van der Waals surface area contributed by atoms with Crippen molar-refractivity contribution in [2.45, 2.75) is 45.1 Å². The summed E-state index contributed by atoms with van der Waals surface area (Å²) < 4.78 is 0. The van der Waals surface area contributed by atoms with E-state index in [0.717, 1.165) is 37.1 Å². The van der Waals surface area contributed by atoms with Gasteiger partial charge in [-0.1, -0.05) is 13.3 Å². The van der Waals surface area contributed by atoms with Crippen LogP contribution in [-0.2, 0) is 14.4 Å². The van der Waals surface area contributed by atoms with E-state index in [1.807, 2.05) is 0 Å². The number of likely N-dealkylation sites (N-methyl/N-ethyl adjacent to an activating group) is 1. The van der Waals surface area contributed by atoms with E-state index < -0.39 is 11.5 Å². The van der Waals surface area contributed by atoms with Crippen molar-refractivity contribution in [3.05, 3.63) is 0 Å². The molecule has 3 amide bonds. The molecule has 0 saturated carbocycles. The van der Waals surface area contributed by atoms with Gasteiger partial charge >= 0.3 is 0 Å². The molecule has 2 N–H and O–H groups in total. The number of nitrogens with zero attached hydrogens (tertiary/aromatic N) is 1. The first-order valence-corrected chi connectivity index (χ1v) is 7.32. The SMILES string of the molecule is CCCC1(C(=O)NC2CC(=O)N(C)C2=O)CCCNC1. The van der Waals surface area contributed by atoms with Crippen molar-refractivity contribution in [3.63, 3.8) is 0 Å². The minimum Gasteiger partial charge on any atom is -0.343 e. The summed E-state index contributed by atoms with van der Waals surface area (Å²) >= 11 is 0. The van der Waals surface area contributed by atoms with Gasteiger partial charge in [0.1, 0.15) is 6.04 Å². The second kappa shape index (κ2) is 5.91. The summed E-state index contributed by atoms with van der Waals surface area (Å²) in [7, 11) is 1.46. The molecule has 2 aliphatic heterocycles. The lowest BCUT2D eigenvalue weighted by Gasteiger charge is -2.36. The predicted octanol–water partition coefficient (Wildman–Crippen LogP) is 0.0298. The van der Waals surface area contributed by atoms with Crippen LogP contribution in [0.1, 0.15) is 39.0 Å². The van der Waals surface area contributed by atoms with Crippen molar-refractivity contribution >= 4 is 17.7 Å². The highest BCUT2D eigenvalue weighted by atomic mass is 16.2. The number of carbonyl (C=O) groups is 3. The Bertz CT molecular complexity index is 410. The number of hydrogen-bond acceptors (Lipinski definition) is 4.